The second kappa shape index (κ2) is 15.5. The van der Waals surface area contributed by atoms with Crippen molar-refractivity contribution in [2.75, 3.05) is 13.2 Å². The van der Waals surface area contributed by atoms with E-state index in [1.54, 1.807) is 13.8 Å². The van der Waals surface area contributed by atoms with Crippen LogP contribution in [0.5, 0.6) is 0 Å². The van der Waals surface area contributed by atoms with E-state index in [-0.39, 0.29) is 12.5 Å². The normalized spacial score (nSPS) is 17.9. The Hall–Kier alpha value is -3.55. The number of nitrogens with zero attached hydrogens (tertiary/aromatic N) is 1. The first-order chi connectivity index (χ1) is 17.4. The van der Waals surface area contributed by atoms with E-state index in [2.05, 4.69) is 5.32 Å². The molecule has 1 amide bonds. The molecule has 206 valence electrons. The van der Waals surface area contributed by atoms with Crippen LogP contribution in [0.1, 0.15) is 38.7 Å². The number of nitrogens with one attached hydrogen (secondary N) is 1. The molecule has 5 atom stereocenters. The Morgan fingerprint density at radius 3 is 2.08 bits per heavy atom. The van der Waals surface area contributed by atoms with Crippen LogP contribution in [-0.2, 0) is 35.1 Å². The molecule has 0 aliphatic carbocycles. The number of aryl methyl sites for hydroxylation is 1. The zero-order valence-corrected chi connectivity index (χ0v) is 20.6. The summed E-state index contributed by atoms with van der Waals surface area (Å²) in [5, 5.41) is 44.9. The molecule has 0 saturated carbocycles. The maximum absolute atomic E-state index is 12.7. The number of benzene rings is 1. The second-order valence-corrected chi connectivity index (χ2v) is 8.31. The lowest BCUT2D eigenvalue weighted by Crippen LogP contribution is -2.53. The van der Waals surface area contributed by atoms with Gasteiger partial charge in [0.2, 0.25) is 5.91 Å². The maximum atomic E-state index is 12.7. The lowest BCUT2D eigenvalue weighted by atomic mass is 10.0. The summed E-state index contributed by atoms with van der Waals surface area (Å²) in [4.78, 5) is 57.3. The third-order valence-electron chi connectivity index (χ3n) is 5.58. The number of ether oxygens (including phenoxy) is 1. The summed E-state index contributed by atoms with van der Waals surface area (Å²) in [7, 11) is 0. The minimum absolute atomic E-state index is 0.262. The number of aliphatic carboxylic acids is 3. The fraction of sp³-hybridized carbons (Fsp3) is 0.542. The third-order valence-corrected chi connectivity index (χ3v) is 5.58. The van der Waals surface area contributed by atoms with E-state index in [4.69, 9.17) is 25.2 Å². The number of likely N-dealkylation sites (tertiary alicyclic amines) is 1. The fourth-order valence-corrected chi connectivity index (χ4v) is 3.65. The number of carboxylic acid groups (broad SMARTS) is 3. The summed E-state index contributed by atoms with van der Waals surface area (Å²) in [5.74, 6) is -5.22. The van der Waals surface area contributed by atoms with Gasteiger partial charge in [-0.15, -0.1) is 0 Å². The van der Waals surface area contributed by atoms with Crippen LogP contribution in [-0.4, -0.2) is 104 Å². The van der Waals surface area contributed by atoms with Gasteiger partial charge in [-0.2, -0.15) is 0 Å². The standard InChI is InChI=1S/C20H28N2O5.C4H6O6/c1-3-27-20(26)16(12-11-15-8-5-4-6-9-15)21-14(2)18(23)22-13-7-10-17(22)19(24)25;5-1(3(7)8)2(6)4(9)10/h4-6,8-9,14,16-17,21H,3,7,10-13H2,1-2H3,(H,24,25);1-2,5-6H,(H,7,8)(H,9,10)/t14-,16-,17-;/m0./s1. The van der Waals surface area contributed by atoms with Crippen molar-refractivity contribution >= 4 is 29.8 Å². The monoisotopic (exact) mass is 526 g/mol. The van der Waals surface area contributed by atoms with E-state index in [1.807, 2.05) is 30.3 Å². The van der Waals surface area contributed by atoms with Gasteiger partial charge in [-0.05, 0) is 45.1 Å². The quantitative estimate of drug-likeness (QED) is 0.190. The molecule has 0 radical (unpaired) electrons. The molecule has 1 aromatic carbocycles. The lowest BCUT2D eigenvalue weighted by Gasteiger charge is -2.27. The van der Waals surface area contributed by atoms with Gasteiger partial charge in [-0.25, -0.2) is 14.4 Å². The Morgan fingerprint density at radius 2 is 1.59 bits per heavy atom. The summed E-state index contributed by atoms with van der Waals surface area (Å²) in [6.45, 7) is 4.09. The van der Waals surface area contributed by atoms with Gasteiger partial charge >= 0.3 is 23.9 Å². The molecule has 37 heavy (non-hydrogen) atoms. The minimum Gasteiger partial charge on any atom is -0.480 e. The van der Waals surface area contributed by atoms with Crippen molar-refractivity contribution in [3.8, 4) is 0 Å². The van der Waals surface area contributed by atoms with Gasteiger partial charge < -0.3 is 35.2 Å². The van der Waals surface area contributed by atoms with Gasteiger partial charge in [0.15, 0.2) is 12.2 Å². The largest absolute Gasteiger partial charge is 0.480 e. The molecule has 6 N–H and O–H groups in total. The first-order valence-electron chi connectivity index (χ1n) is 11.7. The molecular weight excluding hydrogens is 492 g/mol. The van der Waals surface area contributed by atoms with E-state index in [1.165, 1.54) is 4.90 Å². The number of aliphatic hydroxyl groups excluding tert-OH is 2. The molecule has 1 aromatic rings. The summed E-state index contributed by atoms with van der Waals surface area (Å²) in [6, 6.07) is 7.69. The van der Waals surface area contributed by atoms with E-state index >= 15 is 0 Å². The van der Waals surface area contributed by atoms with Gasteiger partial charge in [0.1, 0.15) is 12.1 Å². The topological polar surface area (TPSA) is 211 Å². The first-order valence-corrected chi connectivity index (χ1v) is 11.7. The van der Waals surface area contributed by atoms with Crippen molar-refractivity contribution in [2.24, 2.45) is 0 Å². The number of carbonyl (C=O) groups is 5. The van der Waals surface area contributed by atoms with Crippen LogP contribution in [0.3, 0.4) is 0 Å². The average Bonchev–Trinajstić information content (AvgIpc) is 3.36. The second-order valence-electron chi connectivity index (χ2n) is 8.31. The Labute approximate surface area is 213 Å². The highest BCUT2D eigenvalue weighted by atomic mass is 16.5. The van der Waals surface area contributed by atoms with Crippen LogP contribution in [0.4, 0.5) is 0 Å². The summed E-state index contributed by atoms with van der Waals surface area (Å²) < 4.78 is 5.14. The number of hydrogen-bond acceptors (Lipinski definition) is 9. The predicted molar refractivity (Wildman–Crippen MR) is 127 cm³/mol. The Morgan fingerprint density at radius 1 is 1.03 bits per heavy atom. The van der Waals surface area contributed by atoms with Gasteiger partial charge in [0.05, 0.1) is 12.6 Å². The van der Waals surface area contributed by atoms with Crippen LogP contribution in [0.25, 0.3) is 0 Å². The zero-order valence-electron chi connectivity index (χ0n) is 20.6. The molecule has 1 aliphatic heterocycles. The van der Waals surface area contributed by atoms with Crippen molar-refractivity contribution in [2.45, 2.75) is 69.9 Å². The number of amides is 1. The molecule has 13 nitrogen and oxygen atoms in total. The van der Waals surface area contributed by atoms with Crippen molar-refractivity contribution in [3.05, 3.63) is 35.9 Å². The Kier molecular flexibility index (Phi) is 13.2. The SMILES string of the molecule is CCOC(=O)[C@H](CCc1ccccc1)N[C@@H](C)C(=O)N1CCC[C@H]1C(=O)O.O=C(O)C(O)C(O)C(=O)O. The summed E-state index contributed by atoms with van der Waals surface area (Å²) in [5.41, 5.74) is 1.10. The van der Waals surface area contributed by atoms with Crippen LogP contribution in [0.2, 0.25) is 0 Å². The number of aliphatic hydroxyl groups is 2. The summed E-state index contributed by atoms with van der Waals surface area (Å²) in [6.07, 6.45) is -2.24. The zero-order chi connectivity index (χ0) is 28.1. The molecular formula is C24H34N2O11. The number of esters is 1. The smallest absolute Gasteiger partial charge is 0.335 e. The predicted octanol–water partition coefficient (Wildman–Crippen LogP) is -0.518. The average molecular weight is 527 g/mol. The van der Waals surface area contributed by atoms with Crippen LogP contribution < -0.4 is 5.32 Å². The first kappa shape index (κ1) is 31.5. The van der Waals surface area contributed by atoms with Crippen molar-refractivity contribution in [1.82, 2.24) is 10.2 Å². The van der Waals surface area contributed by atoms with Crippen LogP contribution in [0.15, 0.2) is 30.3 Å². The molecule has 2 unspecified atom stereocenters. The van der Waals surface area contributed by atoms with Gasteiger partial charge in [0.25, 0.3) is 0 Å². The number of carboxylic acids is 3. The maximum Gasteiger partial charge on any atom is 0.335 e. The molecule has 0 aromatic heterocycles. The van der Waals surface area contributed by atoms with Crippen molar-refractivity contribution < 1.29 is 54.2 Å². The molecule has 1 saturated heterocycles. The van der Waals surface area contributed by atoms with Crippen molar-refractivity contribution in [1.29, 1.82) is 0 Å². The molecule has 13 heteroatoms. The molecule has 1 fully saturated rings. The lowest BCUT2D eigenvalue weighted by molar-refractivity contribution is -0.165. The van der Waals surface area contributed by atoms with Crippen LogP contribution >= 0.6 is 0 Å². The Bertz CT molecular complexity index is 907. The highest BCUT2D eigenvalue weighted by molar-refractivity contribution is 5.88. The highest BCUT2D eigenvalue weighted by Gasteiger charge is 2.37. The van der Waals surface area contributed by atoms with Crippen molar-refractivity contribution in [3.63, 3.8) is 0 Å². The van der Waals surface area contributed by atoms with Gasteiger partial charge in [-0.1, -0.05) is 30.3 Å². The number of hydrogen-bond donors (Lipinski definition) is 6. The van der Waals surface area contributed by atoms with Gasteiger partial charge in [0, 0.05) is 6.54 Å². The fourth-order valence-electron chi connectivity index (χ4n) is 3.65. The van der Waals surface area contributed by atoms with Gasteiger partial charge in [-0.3, -0.25) is 14.9 Å². The molecule has 1 heterocycles. The van der Waals surface area contributed by atoms with E-state index in [0.29, 0.717) is 32.2 Å². The molecule has 0 bridgehead atoms. The molecule has 0 spiro atoms. The Balaban J connectivity index is 0.000000580. The molecule has 1 aliphatic rings. The third kappa shape index (κ3) is 10.1. The summed E-state index contributed by atoms with van der Waals surface area (Å²) >= 11 is 0. The number of carbonyl (C=O) groups excluding carboxylic acids is 2. The van der Waals surface area contributed by atoms with E-state index in [9.17, 15) is 29.1 Å². The number of rotatable bonds is 12. The van der Waals surface area contributed by atoms with Crippen LogP contribution in [0, 0.1) is 0 Å². The minimum atomic E-state index is -2.27. The highest BCUT2D eigenvalue weighted by Crippen LogP contribution is 2.19. The van der Waals surface area contributed by atoms with E-state index < -0.39 is 54.2 Å². The molecule has 2 rings (SSSR count). The van der Waals surface area contributed by atoms with E-state index in [0.717, 1.165) is 5.56 Å².